The second-order valence-electron chi connectivity index (χ2n) is 4.77. The lowest BCUT2D eigenvalue weighted by atomic mass is 10.1. The van der Waals surface area contributed by atoms with E-state index in [4.69, 9.17) is 22.1 Å². The molecule has 1 aliphatic heterocycles. The van der Waals surface area contributed by atoms with Crippen molar-refractivity contribution >= 4 is 23.3 Å². The van der Waals surface area contributed by atoms with E-state index in [9.17, 15) is 4.79 Å². The summed E-state index contributed by atoms with van der Waals surface area (Å²) in [6, 6.07) is 1.55. The third kappa shape index (κ3) is 3.58. The molecular formula is C13H18ClN3O2. The fourth-order valence-electron chi connectivity index (χ4n) is 2.13. The Morgan fingerprint density at radius 3 is 3.05 bits per heavy atom. The highest BCUT2D eigenvalue weighted by molar-refractivity contribution is 6.33. The van der Waals surface area contributed by atoms with Gasteiger partial charge in [-0.25, -0.2) is 4.98 Å². The highest BCUT2D eigenvalue weighted by Gasteiger charge is 2.20. The van der Waals surface area contributed by atoms with Crippen molar-refractivity contribution in [3.63, 3.8) is 0 Å². The number of amides is 1. The van der Waals surface area contributed by atoms with E-state index in [1.807, 2.05) is 0 Å². The second kappa shape index (κ2) is 6.21. The van der Waals surface area contributed by atoms with Gasteiger partial charge < -0.3 is 15.4 Å². The fraction of sp³-hybridized carbons (Fsp3) is 0.538. The van der Waals surface area contributed by atoms with Crippen molar-refractivity contribution in [1.82, 2.24) is 9.88 Å². The molecule has 1 amide bonds. The molecule has 104 valence electrons. The Hall–Kier alpha value is -1.33. The topological polar surface area (TPSA) is 68.5 Å². The van der Waals surface area contributed by atoms with Crippen LogP contribution in [-0.2, 0) is 4.74 Å². The van der Waals surface area contributed by atoms with Crippen molar-refractivity contribution in [3.8, 4) is 0 Å². The van der Waals surface area contributed by atoms with E-state index in [0.717, 1.165) is 25.9 Å². The van der Waals surface area contributed by atoms with Crippen molar-refractivity contribution in [1.29, 1.82) is 0 Å². The molecule has 1 aliphatic rings. The SMILES string of the molecule is CN(CC1CCCCO1)C(=O)c1cnc(N)c(Cl)c1. The molecule has 0 saturated carbocycles. The molecule has 0 spiro atoms. The van der Waals surface area contributed by atoms with Crippen LogP contribution in [0.5, 0.6) is 0 Å². The van der Waals surface area contributed by atoms with Gasteiger partial charge in [0.25, 0.3) is 5.91 Å². The first-order valence-corrected chi connectivity index (χ1v) is 6.74. The molecule has 19 heavy (non-hydrogen) atoms. The normalized spacial score (nSPS) is 19.2. The number of nitrogens with two attached hydrogens (primary N) is 1. The molecule has 0 aliphatic carbocycles. The minimum absolute atomic E-state index is 0.122. The number of pyridine rings is 1. The van der Waals surface area contributed by atoms with Crippen molar-refractivity contribution in [3.05, 3.63) is 22.8 Å². The number of nitrogens with zero attached hydrogens (tertiary/aromatic N) is 2. The first-order valence-electron chi connectivity index (χ1n) is 6.36. The molecule has 5 nitrogen and oxygen atoms in total. The molecule has 1 unspecified atom stereocenters. The largest absolute Gasteiger partial charge is 0.382 e. The minimum atomic E-state index is -0.122. The standard InChI is InChI=1S/C13H18ClN3O2/c1-17(8-10-4-2-3-5-19-10)13(18)9-6-11(14)12(15)16-7-9/h6-7,10H,2-5,8H2,1H3,(H2,15,16). The van der Waals surface area contributed by atoms with Crippen LogP contribution in [0.3, 0.4) is 0 Å². The molecular weight excluding hydrogens is 266 g/mol. The number of likely N-dealkylation sites (N-methyl/N-ethyl adjacent to an activating group) is 1. The Morgan fingerprint density at radius 1 is 1.63 bits per heavy atom. The number of hydrogen-bond donors (Lipinski definition) is 1. The number of rotatable bonds is 3. The summed E-state index contributed by atoms with van der Waals surface area (Å²) < 4.78 is 5.62. The quantitative estimate of drug-likeness (QED) is 0.921. The summed E-state index contributed by atoms with van der Waals surface area (Å²) in [6.45, 7) is 1.36. The summed E-state index contributed by atoms with van der Waals surface area (Å²) in [6.07, 6.45) is 4.83. The Morgan fingerprint density at radius 2 is 2.42 bits per heavy atom. The molecule has 1 aromatic rings. The van der Waals surface area contributed by atoms with Crippen LogP contribution >= 0.6 is 11.6 Å². The number of carbonyl (C=O) groups excluding carboxylic acids is 1. The van der Waals surface area contributed by atoms with E-state index in [-0.39, 0.29) is 17.8 Å². The third-order valence-electron chi connectivity index (χ3n) is 3.21. The lowest BCUT2D eigenvalue weighted by Gasteiger charge is -2.27. The maximum absolute atomic E-state index is 12.2. The molecule has 1 fully saturated rings. The molecule has 6 heteroatoms. The van der Waals surface area contributed by atoms with Gasteiger partial charge in [0.1, 0.15) is 5.82 Å². The monoisotopic (exact) mass is 283 g/mol. The second-order valence-corrected chi connectivity index (χ2v) is 5.17. The third-order valence-corrected chi connectivity index (χ3v) is 3.52. The van der Waals surface area contributed by atoms with Crippen LogP contribution in [0.2, 0.25) is 5.02 Å². The van der Waals surface area contributed by atoms with Gasteiger partial charge in [-0.2, -0.15) is 0 Å². The van der Waals surface area contributed by atoms with E-state index in [2.05, 4.69) is 4.98 Å². The minimum Gasteiger partial charge on any atom is -0.382 e. The number of carbonyl (C=O) groups is 1. The molecule has 0 radical (unpaired) electrons. The van der Waals surface area contributed by atoms with Gasteiger partial charge in [0.05, 0.1) is 16.7 Å². The maximum Gasteiger partial charge on any atom is 0.255 e. The van der Waals surface area contributed by atoms with Crippen molar-refractivity contribution < 1.29 is 9.53 Å². The van der Waals surface area contributed by atoms with Crippen LogP contribution in [0, 0.1) is 0 Å². The zero-order chi connectivity index (χ0) is 13.8. The molecule has 0 bridgehead atoms. The molecule has 1 aromatic heterocycles. The van der Waals surface area contributed by atoms with Crippen molar-refractivity contribution in [2.45, 2.75) is 25.4 Å². The fourth-order valence-corrected chi connectivity index (χ4v) is 2.29. The van der Waals surface area contributed by atoms with E-state index in [0.29, 0.717) is 17.1 Å². The molecule has 2 N–H and O–H groups in total. The van der Waals surface area contributed by atoms with Gasteiger partial charge in [-0.15, -0.1) is 0 Å². The van der Waals surface area contributed by atoms with Gasteiger partial charge in [-0.05, 0) is 25.3 Å². The highest BCUT2D eigenvalue weighted by atomic mass is 35.5. The van der Waals surface area contributed by atoms with Crippen LogP contribution in [0.4, 0.5) is 5.82 Å². The Labute approximate surface area is 117 Å². The van der Waals surface area contributed by atoms with Gasteiger partial charge in [0, 0.05) is 26.4 Å². The average Bonchev–Trinajstić information content (AvgIpc) is 2.42. The number of ether oxygens (including phenoxy) is 1. The Balaban J connectivity index is 1.99. The van der Waals surface area contributed by atoms with Gasteiger partial charge in [-0.3, -0.25) is 4.79 Å². The number of halogens is 1. The molecule has 0 aromatic carbocycles. The van der Waals surface area contributed by atoms with E-state index < -0.39 is 0 Å². The summed E-state index contributed by atoms with van der Waals surface area (Å²) in [7, 11) is 1.75. The van der Waals surface area contributed by atoms with Gasteiger partial charge >= 0.3 is 0 Å². The van der Waals surface area contributed by atoms with Gasteiger partial charge in [-0.1, -0.05) is 11.6 Å². The number of nitrogen functional groups attached to an aromatic ring is 1. The van der Waals surface area contributed by atoms with Crippen LogP contribution in [0.25, 0.3) is 0 Å². The van der Waals surface area contributed by atoms with Crippen LogP contribution in [0.1, 0.15) is 29.6 Å². The first-order chi connectivity index (χ1) is 9.08. The molecule has 1 saturated heterocycles. The summed E-state index contributed by atoms with van der Waals surface area (Å²) in [5, 5.41) is 0.299. The maximum atomic E-state index is 12.2. The molecule has 1 atom stereocenters. The number of aromatic nitrogens is 1. The number of hydrogen-bond acceptors (Lipinski definition) is 4. The summed E-state index contributed by atoms with van der Waals surface area (Å²) in [5.74, 6) is 0.111. The van der Waals surface area contributed by atoms with Crippen LogP contribution in [0.15, 0.2) is 12.3 Å². The molecule has 2 heterocycles. The van der Waals surface area contributed by atoms with E-state index >= 15 is 0 Å². The lowest BCUT2D eigenvalue weighted by Crippen LogP contribution is -2.37. The van der Waals surface area contributed by atoms with Crippen LogP contribution in [-0.4, -0.2) is 42.1 Å². The van der Waals surface area contributed by atoms with E-state index in [1.54, 1.807) is 18.0 Å². The Kier molecular flexibility index (Phi) is 4.61. The van der Waals surface area contributed by atoms with Gasteiger partial charge in [0.15, 0.2) is 0 Å². The zero-order valence-corrected chi connectivity index (χ0v) is 11.7. The summed E-state index contributed by atoms with van der Waals surface area (Å²) in [5.41, 5.74) is 5.97. The first kappa shape index (κ1) is 14.1. The van der Waals surface area contributed by atoms with Crippen molar-refractivity contribution in [2.75, 3.05) is 25.9 Å². The summed E-state index contributed by atoms with van der Waals surface area (Å²) >= 11 is 5.87. The predicted molar refractivity (Wildman–Crippen MR) is 74.2 cm³/mol. The van der Waals surface area contributed by atoms with Crippen LogP contribution < -0.4 is 5.73 Å². The van der Waals surface area contributed by atoms with E-state index in [1.165, 1.54) is 6.20 Å². The lowest BCUT2D eigenvalue weighted by molar-refractivity contribution is -0.000194. The predicted octanol–water partition coefficient (Wildman–Crippen LogP) is 1.96. The highest BCUT2D eigenvalue weighted by Crippen LogP contribution is 2.18. The van der Waals surface area contributed by atoms with Crippen molar-refractivity contribution in [2.24, 2.45) is 0 Å². The smallest absolute Gasteiger partial charge is 0.255 e. The number of anilines is 1. The van der Waals surface area contributed by atoms with Gasteiger partial charge in [0.2, 0.25) is 0 Å². The summed E-state index contributed by atoms with van der Waals surface area (Å²) in [4.78, 5) is 17.7. The molecule has 2 rings (SSSR count). The zero-order valence-electron chi connectivity index (χ0n) is 10.9. The average molecular weight is 284 g/mol. The Bertz CT molecular complexity index is 461.